The van der Waals surface area contributed by atoms with Crippen LogP contribution in [0.3, 0.4) is 0 Å². The van der Waals surface area contributed by atoms with E-state index in [1.165, 1.54) is 0 Å². The summed E-state index contributed by atoms with van der Waals surface area (Å²) >= 11 is 5.77. The van der Waals surface area contributed by atoms with Crippen LogP contribution in [0.1, 0.15) is 13.3 Å². The number of amides is 2. The van der Waals surface area contributed by atoms with Crippen molar-refractivity contribution in [1.82, 2.24) is 0 Å². The maximum absolute atomic E-state index is 12.0. The Hall–Kier alpha value is -2.53. The smallest absolute Gasteiger partial charge is 0.233 e. The van der Waals surface area contributed by atoms with E-state index in [-0.39, 0.29) is 6.42 Å². The van der Waals surface area contributed by atoms with Crippen molar-refractivity contribution in [2.24, 2.45) is 0 Å². The summed E-state index contributed by atoms with van der Waals surface area (Å²) < 4.78 is 5.42. The predicted octanol–water partition coefficient (Wildman–Crippen LogP) is 3.71. The molecule has 2 N–H and O–H groups in total. The van der Waals surface area contributed by atoms with E-state index in [9.17, 15) is 9.59 Å². The lowest BCUT2D eigenvalue weighted by Gasteiger charge is -2.11. The molecule has 0 saturated heterocycles. The highest BCUT2D eigenvalue weighted by molar-refractivity contribution is 6.30. The second-order valence-electron chi connectivity index (χ2n) is 4.71. The highest BCUT2D eigenvalue weighted by Crippen LogP contribution is 2.23. The number of halogens is 1. The van der Waals surface area contributed by atoms with Crippen molar-refractivity contribution in [2.75, 3.05) is 17.2 Å². The third-order valence-electron chi connectivity index (χ3n) is 2.91. The fourth-order valence-electron chi connectivity index (χ4n) is 1.93. The fourth-order valence-corrected chi connectivity index (χ4v) is 2.06. The summed E-state index contributed by atoms with van der Waals surface area (Å²) in [5, 5.41) is 5.89. The first-order chi connectivity index (χ1) is 11.1. The van der Waals surface area contributed by atoms with Crippen LogP contribution in [0.2, 0.25) is 5.02 Å². The Bertz CT molecular complexity index is 686. The van der Waals surface area contributed by atoms with E-state index in [4.69, 9.17) is 16.3 Å². The highest BCUT2D eigenvalue weighted by atomic mass is 35.5. The van der Waals surface area contributed by atoms with E-state index < -0.39 is 11.8 Å². The zero-order valence-corrected chi connectivity index (χ0v) is 13.4. The van der Waals surface area contributed by atoms with Gasteiger partial charge in [0.05, 0.1) is 12.3 Å². The van der Waals surface area contributed by atoms with Gasteiger partial charge in [0.1, 0.15) is 12.2 Å². The quantitative estimate of drug-likeness (QED) is 0.792. The molecule has 0 radical (unpaired) electrons. The molecule has 5 nitrogen and oxygen atoms in total. The van der Waals surface area contributed by atoms with E-state index in [1.54, 1.807) is 42.5 Å². The van der Waals surface area contributed by atoms with Gasteiger partial charge in [-0.25, -0.2) is 0 Å². The van der Waals surface area contributed by atoms with Crippen LogP contribution in [0.4, 0.5) is 11.4 Å². The Balaban J connectivity index is 1.91. The zero-order valence-electron chi connectivity index (χ0n) is 12.6. The van der Waals surface area contributed by atoms with E-state index in [1.807, 2.05) is 13.0 Å². The summed E-state index contributed by atoms with van der Waals surface area (Å²) in [6.45, 7) is 2.35. The molecule has 0 atom stereocenters. The molecule has 0 spiro atoms. The second-order valence-corrected chi connectivity index (χ2v) is 5.15. The largest absolute Gasteiger partial charge is 0.492 e. The van der Waals surface area contributed by atoms with Gasteiger partial charge in [-0.2, -0.15) is 0 Å². The first-order valence-corrected chi connectivity index (χ1v) is 7.53. The Morgan fingerprint density at radius 1 is 1.00 bits per heavy atom. The van der Waals surface area contributed by atoms with Crippen molar-refractivity contribution in [3.63, 3.8) is 0 Å². The van der Waals surface area contributed by atoms with E-state index in [0.29, 0.717) is 28.8 Å². The first-order valence-electron chi connectivity index (χ1n) is 7.15. The van der Waals surface area contributed by atoms with Gasteiger partial charge in [-0.05, 0) is 43.3 Å². The minimum Gasteiger partial charge on any atom is -0.492 e. The van der Waals surface area contributed by atoms with Gasteiger partial charge < -0.3 is 15.4 Å². The van der Waals surface area contributed by atoms with Gasteiger partial charge in [0.25, 0.3) is 0 Å². The van der Waals surface area contributed by atoms with Crippen LogP contribution in [0.15, 0.2) is 48.5 Å². The van der Waals surface area contributed by atoms with Gasteiger partial charge in [0.2, 0.25) is 11.8 Å². The third-order valence-corrected chi connectivity index (χ3v) is 3.16. The molecule has 2 rings (SSSR count). The van der Waals surface area contributed by atoms with Crippen molar-refractivity contribution < 1.29 is 14.3 Å². The topological polar surface area (TPSA) is 67.4 Å². The molecule has 23 heavy (non-hydrogen) atoms. The number of carbonyl (C=O) groups excluding carboxylic acids is 2. The van der Waals surface area contributed by atoms with Crippen molar-refractivity contribution in [1.29, 1.82) is 0 Å². The van der Waals surface area contributed by atoms with Crippen molar-refractivity contribution in [2.45, 2.75) is 13.3 Å². The van der Waals surface area contributed by atoms with Crippen molar-refractivity contribution in [3.05, 3.63) is 53.6 Å². The molecule has 2 aromatic carbocycles. The summed E-state index contributed by atoms with van der Waals surface area (Å²) in [6.07, 6.45) is -0.289. The molecule has 2 amide bonds. The molecular formula is C17H17ClN2O3. The molecule has 0 unspecified atom stereocenters. The van der Waals surface area contributed by atoms with E-state index in [2.05, 4.69) is 10.6 Å². The summed E-state index contributed by atoms with van der Waals surface area (Å²) in [5.74, 6) is -0.246. The molecule has 0 aliphatic carbocycles. The molecule has 2 aromatic rings. The van der Waals surface area contributed by atoms with E-state index in [0.717, 1.165) is 0 Å². The number of rotatable bonds is 6. The lowest BCUT2D eigenvalue weighted by molar-refractivity contribution is -0.123. The Labute approximate surface area is 139 Å². The highest BCUT2D eigenvalue weighted by Gasteiger charge is 2.12. The van der Waals surface area contributed by atoms with Crippen LogP contribution in [0.25, 0.3) is 0 Å². The number of hydrogen-bond acceptors (Lipinski definition) is 3. The van der Waals surface area contributed by atoms with Crippen LogP contribution in [-0.4, -0.2) is 18.4 Å². The molecule has 0 aromatic heterocycles. The normalized spacial score (nSPS) is 10.0. The van der Waals surface area contributed by atoms with Gasteiger partial charge in [0, 0.05) is 10.7 Å². The molecule has 0 bridgehead atoms. The number of para-hydroxylation sites is 2. The predicted molar refractivity (Wildman–Crippen MR) is 90.9 cm³/mol. The Kier molecular flexibility index (Phi) is 6.00. The number of carbonyl (C=O) groups is 2. The van der Waals surface area contributed by atoms with Crippen LogP contribution >= 0.6 is 11.6 Å². The van der Waals surface area contributed by atoms with Gasteiger partial charge in [-0.3, -0.25) is 9.59 Å². The summed E-state index contributed by atoms with van der Waals surface area (Å²) in [6, 6.07) is 13.7. The third kappa shape index (κ3) is 5.30. The van der Waals surface area contributed by atoms with E-state index >= 15 is 0 Å². The molecule has 0 aliphatic rings. The summed E-state index contributed by atoms with van der Waals surface area (Å²) in [7, 11) is 0. The average Bonchev–Trinajstić information content (AvgIpc) is 2.51. The van der Waals surface area contributed by atoms with Gasteiger partial charge >= 0.3 is 0 Å². The first kappa shape index (κ1) is 16.8. The van der Waals surface area contributed by atoms with Gasteiger partial charge in [-0.1, -0.05) is 23.7 Å². The van der Waals surface area contributed by atoms with Crippen LogP contribution in [-0.2, 0) is 9.59 Å². The monoisotopic (exact) mass is 332 g/mol. The lowest BCUT2D eigenvalue weighted by Crippen LogP contribution is -2.21. The average molecular weight is 333 g/mol. The van der Waals surface area contributed by atoms with Crippen molar-refractivity contribution in [3.8, 4) is 5.75 Å². The number of hydrogen-bond donors (Lipinski definition) is 2. The van der Waals surface area contributed by atoms with Gasteiger partial charge in [-0.15, -0.1) is 0 Å². The molecule has 0 fully saturated rings. The number of benzene rings is 2. The maximum Gasteiger partial charge on any atom is 0.233 e. The van der Waals surface area contributed by atoms with Gasteiger partial charge in [0.15, 0.2) is 0 Å². The van der Waals surface area contributed by atoms with Crippen LogP contribution in [0.5, 0.6) is 5.75 Å². The zero-order chi connectivity index (χ0) is 16.7. The Morgan fingerprint density at radius 2 is 1.65 bits per heavy atom. The fraction of sp³-hybridized carbons (Fsp3) is 0.176. The lowest BCUT2D eigenvalue weighted by atomic mass is 10.2. The second kappa shape index (κ2) is 8.19. The number of nitrogens with one attached hydrogen (secondary N) is 2. The molecule has 0 saturated carbocycles. The minimum absolute atomic E-state index is 0.289. The van der Waals surface area contributed by atoms with Crippen LogP contribution < -0.4 is 15.4 Å². The molecule has 0 heterocycles. The maximum atomic E-state index is 12.0. The minimum atomic E-state index is -0.413. The summed E-state index contributed by atoms with van der Waals surface area (Å²) in [4.78, 5) is 23.8. The number of ether oxygens (including phenoxy) is 1. The molecular weight excluding hydrogens is 316 g/mol. The standard InChI is InChI=1S/C17H17ClN2O3/c1-2-23-15-6-4-3-5-14(15)20-17(22)11-16(21)19-13-9-7-12(18)8-10-13/h3-10H,2,11H2,1H3,(H,19,21)(H,20,22). The molecule has 120 valence electrons. The number of anilines is 2. The van der Waals surface area contributed by atoms with Crippen molar-refractivity contribution >= 4 is 34.8 Å². The SMILES string of the molecule is CCOc1ccccc1NC(=O)CC(=O)Nc1ccc(Cl)cc1. The molecule has 6 heteroatoms. The van der Waals surface area contributed by atoms with Crippen LogP contribution in [0, 0.1) is 0 Å². The molecule has 0 aliphatic heterocycles. The summed E-state index contributed by atoms with van der Waals surface area (Å²) in [5.41, 5.74) is 1.13. The Morgan fingerprint density at radius 3 is 2.35 bits per heavy atom.